The predicted octanol–water partition coefficient (Wildman–Crippen LogP) is 2.76. The van der Waals surface area contributed by atoms with Crippen molar-refractivity contribution < 1.29 is 4.79 Å². The number of nitrogens with zero attached hydrogens (tertiary/aromatic N) is 2. The molecule has 1 amide bonds. The Hall–Kier alpha value is -0.970. The molecular weight excluding hydrogens is 273 g/mol. The standard InChI is InChI=1S/C12H16ClN3O.ClH/c13-10-5-4-6-11(9-10)16(14)15-8-3-1-2-7-12(15)17;/h4-6,9H,1-3,7-8,14H2;1H. The quantitative estimate of drug-likeness (QED) is 0.673. The maximum Gasteiger partial charge on any atom is 0.242 e. The zero-order valence-corrected chi connectivity index (χ0v) is 11.6. The number of halogens is 2. The van der Waals surface area contributed by atoms with E-state index in [-0.39, 0.29) is 18.3 Å². The van der Waals surface area contributed by atoms with Crippen molar-refractivity contribution in [1.82, 2.24) is 5.01 Å². The first kappa shape index (κ1) is 15.1. The van der Waals surface area contributed by atoms with Gasteiger partial charge in [-0.15, -0.1) is 12.4 Å². The molecule has 1 saturated heterocycles. The van der Waals surface area contributed by atoms with Gasteiger partial charge in [0.2, 0.25) is 5.91 Å². The molecule has 100 valence electrons. The predicted molar refractivity (Wildman–Crippen MR) is 75.5 cm³/mol. The topological polar surface area (TPSA) is 49.6 Å². The van der Waals surface area contributed by atoms with E-state index in [0.717, 1.165) is 24.9 Å². The van der Waals surface area contributed by atoms with Crippen molar-refractivity contribution in [2.24, 2.45) is 5.84 Å². The highest BCUT2D eigenvalue weighted by atomic mass is 35.5. The number of hydrogen-bond donors (Lipinski definition) is 1. The van der Waals surface area contributed by atoms with Gasteiger partial charge < -0.3 is 0 Å². The SMILES string of the molecule is Cl.NN(c1cccc(Cl)c1)N1CCCCCC1=O. The summed E-state index contributed by atoms with van der Waals surface area (Å²) in [5.41, 5.74) is 0.729. The van der Waals surface area contributed by atoms with Crippen LogP contribution in [0, 0.1) is 0 Å². The summed E-state index contributed by atoms with van der Waals surface area (Å²) in [4.78, 5) is 11.9. The summed E-state index contributed by atoms with van der Waals surface area (Å²) < 4.78 is 0. The second-order valence-corrected chi connectivity index (χ2v) is 4.59. The Kier molecular flexibility index (Phi) is 5.72. The molecule has 1 aromatic rings. The van der Waals surface area contributed by atoms with E-state index in [1.165, 1.54) is 5.12 Å². The first-order valence-electron chi connectivity index (χ1n) is 5.79. The number of nitrogens with two attached hydrogens (primary N) is 1. The van der Waals surface area contributed by atoms with Gasteiger partial charge in [0.05, 0.1) is 5.69 Å². The van der Waals surface area contributed by atoms with Crippen LogP contribution in [0.5, 0.6) is 0 Å². The fourth-order valence-electron chi connectivity index (χ4n) is 1.95. The molecule has 4 nitrogen and oxygen atoms in total. The average molecular weight is 290 g/mol. The summed E-state index contributed by atoms with van der Waals surface area (Å²) >= 11 is 5.91. The van der Waals surface area contributed by atoms with Gasteiger partial charge in [0.15, 0.2) is 0 Å². The molecule has 0 aliphatic carbocycles. The fraction of sp³-hybridized carbons (Fsp3) is 0.417. The summed E-state index contributed by atoms with van der Waals surface area (Å²) in [5, 5.41) is 3.61. The minimum absolute atomic E-state index is 0. The van der Waals surface area contributed by atoms with Crippen LogP contribution >= 0.6 is 24.0 Å². The first-order chi connectivity index (χ1) is 8.18. The molecule has 0 spiro atoms. The molecule has 1 aliphatic rings. The number of hydrazine groups is 2. The van der Waals surface area contributed by atoms with Gasteiger partial charge in [-0.2, -0.15) is 0 Å². The van der Waals surface area contributed by atoms with Crippen molar-refractivity contribution in [3.05, 3.63) is 29.3 Å². The summed E-state index contributed by atoms with van der Waals surface area (Å²) in [6, 6.07) is 7.19. The Labute approximate surface area is 118 Å². The Morgan fingerprint density at radius 2 is 2.06 bits per heavy atom. The summed E-state index contributed by atoms with van der Waals surface area (Å²) in [7, 11) is 0. The van der Waals surface area contributed by atoms with Gasteiger partial charge in [0, 0.05) is 18.0 Å². The molecule has 18 heavy (non-hydrogen) atoms. The van der Waals surface area contributed by atoms with Gasteiger partial charge >= 0.3 is 0 Å². The zero-order chi connectivity index (χ0) is 12.3. The van der Waals surface area contributed by atoms with Crippen molar-refractivity contribution in [3.8, 4) is 0 Å². The molecule has 1 heterocycles. The Bertz CT molecular complexity index is 414. The zero-order valence-electron chi connectivity index (χ0n) is 10.0. The van der Waals surface area contributed by atoms with Crippen molar-refractivity contribution in [1.29, 1.82) is 0 Å². The molecule has 0 radical (unpaired) electrons. The Balaban J connectivity index is 0.00000162. The van der Waals surface area contributed by atoms with Crippen molar-refractivity contribution >= 4 is 35.6 Å². The third-order valence-electron chi connectivity index (χ3n) is 2.88. The molecule has 2 N–H and O–H groups in total. The maximum absolute atomic E-state index is 11.9. The van der Waals surface area contributed by atoms with E-state index in [4.69, 9.17) is 17.4 Å². The third-order valence-corrected chi connectivity index (χ3v) is 3.12. The lowest BCUT2D eigenvalue weighted by Crippen LogP contribution is -2.51. The monoisotopic (exact) mass is 289 g/mol. The number of anilines is 1. The van der Waals surface area contributed by atoms with Gasteiger partial charge in [0.25, 0.3) is 0 Å². The smallest absolute Gasteiger partial charge is 0.242 e. The summed E-state index contributed by atoms with van der Waals surface area (Å²) in [6.45, 7) is 0.668. The van der Waals surface area contributed by atoms with E-state index in [1.807, 2.05) is 12.1 Å². The third kappa shape index (κ3) is 3.51. The lowest BCUT2D eigenvalue weighted by atomic mass is 10.2. The molecule has 1 aromatic carbocycles. The van der Waals surface area contributed by atoms with Gasteiger partial charge in [-0.25, -0.2) is 16.0 Å². The molecule has 0 atom stereocenters. The van der Waals surface area contributed by atoms with Crippen LogP contribution in [0.2, 0.25) is 5.02 Å². The molecule has 0 unspecified atom stereocenters. The van der Waals surface area contributed by atoms with Gasteiger partial charge in [-0.1, -0.05) is 24.1 Å². The van der Waals surface area contributed by atoms with E-state index >= 15 is 0 Å². The second kappa shape index (κ2) is 6.83. The highest BCUT2D eigenvalue weighted by Gasteiger charge is 2.21. The van der Waals surface area contributed by atoms with Gasteiger partial charge in [-0.05, 0) is 31.0 Å². The van der Waals surface area contributed by atoms with E-state index in [1.54, 1.807) is 17.1 Å². The number of amides is 1. The molecular formula is C12H17Cl2N3O. The van der Waals surface area contributed by atoms with E-state index in [0.29, 0.717) is 18.0 Å². The normalized spacial score (nSPS) is 15.9. The number of carbonyl (C=O) groups excluding carboxylic acids is 1. The van der Waals surface area contributed by atoms with Crippen LogP contribution in [0.15, 0.2) is 24.3 Å². The van der Waals surface area contributed by atoms with Crippen LogP contribution in [-0.4, -0.2) is 17.5 Å². The van der Waals surface area contributed by atoms with Crippen molar-refractivity contribution in [2.45, 2.75) is 25.7 Å². The van der Waals surface area contributed by atoms with Crippen LogP contribution in [0.1, 0.15) is 25.7 Å². The van der Waals surface area contributed by atoms with Crippen molar-refractivity contribution in [3.63, 3.8) is 0 Å². The lowest BCUT2D eigenvalue weighted by Gasteiger charge is -2.31. The molecule has 0 saturated carbocycles. The fourth-order valence-corrected chi connectivity index (χ4v) is 2.14. The van der Waals surface area contributed by atoms with Gasteiger partial charge in [0.1, 0.15) is 0 Å². The van der Waals surface area contributed by atoms with Crippen LogP contribution in [0.4, 0.5) is 5.69 Å². The molecule has 6 heteroatoms. The van der Waals surface area contributed by atoms with E-state index < -0.39 is 0 Å². The average Bonchev–Trinajstić information content (AvgIpc) is 2.53. The number of carbonyl (C=O) groups is 1. The molecule has 0 bridgehead atoms. The Morgan fingerprint density at radius 1 is 1.28 bits per heavy atom. The van der Waals surface area contributed by atoms with Gasteiger partial charge in [-0.3, -0.25) is 4.79 Å². The number of benzene rings is 1. The van der Waals surface area contributed by atoms with Crippen LogP contribution in [0.3, 0.4) is 0 Å². The van der Waals surface area contributed by atoms with E-state index in [2.05, 4.69) is 0 Å². The molecule has 1 aliphatic heterocycles. The second-order valence-electron chi connectivity index (χ2n) is 4.15. The van der Waals surface area contributed by atoms with E-state index in [9.17, 15) is 4.79 Å². The molecule has 2 rings (SSSR count). The Morgan fingerprint density at radius 3 is 2.78 bits per heavy atom. The molecule has 0 aromatic heterocycles. The lowest BCUT2D eigenvalue weighted by molar-refractivity contribution is -0.131. The highest BCUT2D eigenvalue weighted by Crippen LogP contribution is 2.21. The summed E-state index contributed by atoms with van der Waals surface area (Å²) in [6.07, 6.45) is 3.57. The van der Waals surface area contributed by atoms with Crippen LogP contribution < -0.4 is 11.0 Å². The van der Waals surface area contributed by atoms with Crippen LogP contribution in [0.25, 0.3) is 0 Å². The minimum Gasteiger partial charge on any atom is -0.273 e. The first-order valence-corrected chi connectivity index (χ1v) is 6.17. The van der Waals surface area contributed by atoms with Crippen LogP contribution in [-0.2, 0) is 4.79 Å². The van der Waals surface area contributed by atoms with Crippen molar-refractivity contribution in [2.75, 3.05) is 11.7 Å². The number of rotatable bonds is 2. The maximum atomic E-state index is 11.9. The number of hydrogen-bond acceptors (Lipinski definition) is 3. The summed E-state index contributed by atoms with van der Waals surface area (Å²) in [5.74, 6) is 6.05. The minimum atomic E-state index is 0. The largest absolute Gasteiger partial charge is 0.273 e. The highest BCUT2D eigenvalue weighted by molar-refractivity contribution is 6.30. The molecule has 1 fully saturated rings.